The summed E-state index contributed by atoms with van der Waals surface area (Å²) >= 11 is 0. The molecule has 0 heterocycles. The second-order valence-corrected chi connectivity index (χ2v) is 5.23. The molecule has 0 aromatic rings. The maximum Gasteiger partial charge on any atom is 0.0693 e. The highest BCUT2D eigenvalue weighted by atomic mass is 16.5. The van der Waals surface area contributed by atoms with Crippen LogP contribution in [-0.2, 0) is 4.74 Å². The Labute approximate surface area is 99.6 Å². The van der Waals surface area contributed by atoms with Crippen LogP contribution in [0.3, 0.4) is 0 Å². The van der Waals surface area contributed by atoms with Gasteiger partial charge in [-0.3, -0.25) is 0 Å². The monoisotopic (exact) mass is 229 g/mol. The van der Waals surface area contributed by atoms with Gasteiger partial charge in [-0.15, -0.1) is 0 Å². The second kappa shape index (κ2) is 8.04. The molecule has 0 radical (unpaired) electrons. The second-order valence-electron chi connectivity index (χ2n) is 5.23. The van der Waals surface area contributed by atoms with E-state index in [1.807, 2.05) is 0 Å². The van der Waals surface area contributed by atoms with Gasteiger partial charge in [0.2, 0.25) is 0 Å². The highest BCUT2D eigenvalue weighted by Crippen LogP contribution is 2.17. The van der Waals surface area contributed by atoms with Gasteiger partial charge in [0.15, 0.2) is 0 Å². The zero-order valence-corrected chi connectivity index (χ0v) is 10.7. The lowest BCUT2D eigenvalue weighted by Crippen LogP contribution is -2.40. The Bertz CT molecular complexity index is 173. The van der Waals surface area contributed by atoms with Crippen LogP contribution in [0.4, 0.5) is 0 Å². The normalized spacial score (nSPS) is 27.0. The van der Waals surface area contributed by atoms with E-state index in [2.05, 4.69) is 19.2 Å². The molecular weight excluding hydrogens is 202 g/mol. The van der Waals surface area contributed by atoms with Crippen LogP contribution in [0.15, 0.2) is 0 Å². The molecule has 2 N–H and O–H groups in total. The molecule has 0 bridgehead atoms. The molecule has 0 saturated heterocycles. The third-order valence-electron chi connectivity index (χ3n) is 3.08. The van der Waals surface area contributed by atoms with Crippen LogP contribution in [0, 0.1) is 5.92 Å². The molecule has 0 aromatic carbocycles. The smallest absolute Gasteiger partial charge is 0.0693 e. The van der Waals surface area contributed by atoms with Crippen LogP contribution < -0.4 is 5.32 Å². The molecule has 1 rings (SSSR count). The van der Waals surface area contributed by atoms with E-state index in [-0.39, 0.29) is 12.1 Å². The summed E-state index contributed by atoms with van der Waals surface area (Å²) in [4.78, 5) is 0. The van der Waals surface area contributed by atoms with Gasteiger partial charge in [-0.1, -0.05) is 33.1 Å². The van der Waals surface area contributed by atoms with Gasteiger partial charge in [0.1, 0.15) is 0 Å². The molecule has 0 spiro atoms. The average molecular weight is 229 g/mol. The first kappa shape index (κ1) is 13.9. The van der Waals surface area contributed by atoms with E-state index in [1.165, 1.54) is 19.3 Å². The summed E-state index contributed by atoms with van der Waals surface area (Å²) in [6, 6.07) is 0.283. The van der Waals surface area contributed by atoms with Crippen molar-refractivity contribution in [2.75, 3.05) is 19.8 Å². The molecule has 0 aromatic heterocycles. The van der Waals surface area contributed by atoms with E-state index >= 15 is 0 Å². The van der Waals surface area contributed by atoms with E-state index in [0.717, 1.165) is 32.6 Å². The van der Waals surface area contributed by atoms with Crippen molar-refractivity contribution >= 4 is 0 Å². The number of ether oxygens (including phenoxy) is 1. The topological polar surface area (TPSA) is 41.5 Å². The van der Waals surface area contributed by atoms with Crippen LogP contribution in [0.2, 0.25) is 0 Å². The summed E-state index contributed by atoms with van der Waals surface area (Å²) in [5.74, 6) is 0.600. The van der Waals surface area contributed by atoms with E-state index in [9.17, 15) is 5.11 Å². The van der Waals surface area contributed by atoms with Gasteiger partial charge in [-0.25, -0.2) is 0 Å². The summed E-state index contributed by atoms with van der Waals surface area (Å²) in [6.45, 7) is 6.75. The van der Waals surface area contributed by atoms with Crippen molar-refractivity contribution in [1.29, 1.82) is 0 Å². The fraction of sp³-hybridized carbons (Fsp3) is 1.00. The molecule has 1 saturated carbocycles. The van der Waals surface area contributed by atoms with E-state index in [0.29, 0.717) is 5.92 Å². The Kier molecular flexibility index (Phi) is 7.01. The highest BCUT2D eigenvalue weighted by Gasteiger charge is 2.20. The van der Waals surface area contributed by atoms with Crippen molar-refractivity contribution in [3.8, 4) is 0 Å². The molecule has 0 amide bonds. The van der Waals surface area contributed by atoms with E-state index in [1.54, 1.807) is 0 Å². The van der Waals surface area contributed by atoms with Crippen molar-refractivity contribution in [3.63, 3.8) is 0 Å². The molecular formula is C13H27NO2. The maximum atomic E-state index is 9.89. The van der Waals surface area contributed by atoms with Crippen molar-refractivity contribution in [1.82, 2.24) is 5.32 Å². The predicted molar refractivity (Wildman–Crippen MR) is 66.5 cm³/mol. The van der Waals surface area contributed by atoms with Crippen molar-refractivity contribution < 1.29 is 9.84 Å². The van der Waals surface area contributed by atoms with Gasteiger partial charge < -0.3 is 15.2 Å². The van der Waals surface area contributed by atoms with Crippen LogP contribution in [0.5, 0.6) is 0 Å². The molecule has 1 aliphatic rings. The minimum absolute atomic E-state index is 0.160. The number of nitrogens with one attached hydrogen (secondary N) is 1. The lowest BCUT2D eigenvalue weighted by Gasteiger charge is -2.21. The Morgan fingerprint density at radius 1 is 1.25 bits per heavy atom. The quantitative estimate of drug-likeness (QED) is 0.540. The lowest BCUT2D eigenvalue weighted by atomic mass is 10.1. The van der Waals surface area contributed by atoms with Gasteiger partial charge in [-0.2, -0.15) is 0 Å². The maximum absolute atomic E-state index is 9.89. The number of hydrogen-bond donors (Lipinski definition) is 2. The predicted octanol–water partition coefficient (Wildman–Crippen LogP) is 1.94. The van der Waals surface area contributed by atoms with Crippen LogP contribution >= 0.6 is 0 Å². The number of aliphatic hydroxyl groups excluding tert-OH is 1. The summed E-state index contributed by atoms with van der Waals surface area (Å²) in [5, 5.41) is 13.3. The van der Waals surface area contributed by atoms with Crippen LogP contribution in [-0.4, -0.2) is 37.0 Å². The van der Waals surface area contributed by atoms with Gasteiger partial charge in [-0.05, 0) is 18.8 Å². The van der Waals surface area contributed by atoms with Gasteiger partial charge in [0.05, 0.1) is 12.7 Å². The first-order valence-corrected chi connectivity index (χ1v) is 6.69. The number of aliphatic hydroxyl groups is 1. The zero-order chi connectivity index (χ0) is 11.8. The summed E-state index contributed by atoms with van der Waals surface area (Å²) < 4.78 is 5.51. The molecule has 3 heteroatoms. The van der Waals surface area contributed by atoms with E-state index in [4.69, 9.17) is 4.74 Å². The summed E-state index contributed by atoms with van der Waals surface area (Å²) in [5.41, 5.74) is 0. The molecule has 16 heavy (non-hydrogen) atoms. The summed E-state index contributed by atoms with van der Waals surface area (Å²) in [7, 11) is 0. The van der Waals surface area contributed by atoms with Crippen LogP contribution in [0.25, 0.3) is 0 Å². The average Bonchev–Trinajstić information content (AvgIpc) is 2.43. The largest absolute Gasteiger partial charge is 0.392 e. The molecule has 3 nitrogen and oxygen atoms in total. The molecule has 2 atom stereocenters. The van der Waals surface area contributed by atoms with Crippen molar-refractivity contribution in [2.24, 2.45) is 5.92 Å². The third kappa shape index (κ3) is 5.83. The third-order valence-corrected chi connectivity index (χ3v) is 3.08. The van der Waals surface area contributed by atoms with Gasteiger partial charge >= 0.3 is 0 Å². The summed E-state index contributed by atoms with van der Waals surface area (Å²) in [6.07, 6.45) is 5.56. The number of rotatable bonds is 6. The molecule has 96 valence electrons. The van der Waals surface area contributed by atoms with E-state index < -0.39 is 0 Å². The Morgan fingerprint density at radius 2 is 2.00 bits per heavy atom. The Balaban J connectivity index is 2.06. The van der Waals surface area contributed by atoms with Crippen molar-refractivity contribution in [3.05, 3.63) is 0 Å². The Hall–Kier alpha value is -0.120. The standard InChI is InChI=1S/C13H27NO2/c1-11(2)10-16-9-8-14-12-6-4-3-5-7-13(12)15/h11-15H,3-10H2,1-2H3. The number of hydrogen-bond acceptors (Lipinski definition) is 3. The minimum Gasteiger partial charge on any atom is -0.392 e. The Morgan fingerprint density at radius 3 is 2.75 bits per heavy atom. The SMILES string of the molecule is CC(C)COCCNC1CCCCCC1O. The van der Waals surface area contributed by atoms with Gasteiger partial charge in [0.25, 0.3) is 0 Å². The minimum atomic E-state index is -0.160. The fourth-order valence-corrected chi connectivity index (χ4v) is 2.16. The molecule has 2 unspecified atom stereocenters. The van der Waals surface area contributed by atoms with Crippen molar-refractivity contribution in [2.45, 2.75) is 58.1 Å². The molecule has 0 aliphatic heterocycles. The molecule has 1 fully saturated rings. The highest BCUT2D eigenvalue weighted by molar-refractivity contribution is 4.78. The fourth-order valence-electron chi connectivity index (χ4n) is 2.16. The zero-order valence-electron chi connectivity index (χ0n) is 10.7. The van der Waals surface area contributed by atoms with Crippen LogP contribution in [0.1, 0.15) is 46.0 Å². The van der Waals surface area contributed by atoms with Gasteiger partial charge in [0, 0.05) is 19.2 Å². The first-order chi connectivity index (χ1) is 7.70. The lowest BCUT2D eigenvalue weighted by molar-refractivity contribution is 0.0914. The molecule has 1 aliphatic carbocycles. The first-order valence-electron chi connectivity index (χ1n) is 6.69.